The van der Waals surface area contributed by atoms with Crippen LogP contribution in [0.5, 0.6) is 0 Å². The van der Waals surface area contributed by atoms with Crippen LogP contribution in [0.4, 0.5) is 0 Å². The molecule has 1 aliphatic rings. The minimum Gasteiger partial charge on any atom is -0.329 e. The lowest BCUT2D eigenvalue weighted by Gasteiger charge is -2.26. The van der Waals surface area contributed by atoms with Crippen molar-refractivity contribution in [1.82, 2.24) is 19.8 Å². The number of imidazole rings is 1. The van der Waals surface area contributed by atoms with Crippen molar-refractivity contribution in [2.24, 2.45) is 0 Å². The summed E-state index contributed by atoms with van der Waals surface area (Å²) in [6, 6.07) is 27.9. The smallest absolute Gasteiger partial charge is 0.0991 e. The van der Waals surface area contributed by atoms with Crippen molar-refractivity contribution >= 4 is 0 Å². The van der Waals surface area contributed by atoms with Gasteiger partial charge in [-0.25, -0.2) is 4.98 Å². The maximum absolute atomic E-state index is 9.05. The van der Waals surface area contributed by atoms with Gasteiger partial charge in [-0.05, 0) is 47.7 Å². The van der Waals surface area contributed by atoms with Gasteiger partial charge in [-0.2, -0.15) is 5.26 Å². The lowest BCUT2D eigenvalue weighted by Crippen LogP contribution is -2.34. The molecular weight excluding hydrogens is 430 g/mol. The highest BCUT2D eigenvalue weighted by atomic mass is 15.2. The van der Waals surface area contributed by atoms with Crippen LogP contribution in [-0.4, -0.2) is 27.5 Å². The Hall–Kier alpha value is -3.72. The second-order valence-electron chi connectivity index (χ2n) is 9.42. The molecular formula is C30H31N5. The fourth-order valence-corrected chi connectivity index (χ4v) is 4.84. The largest absolute Gasteiger partial charge is 0.329 e. The summed E-state index contributed by atoms with van der Waals surface area (Å²) >= 11 is 0. The molecule has 0 spiro atoms. The third-order valence-corrected chi connectivity index (χ3v) is 6.86. The Morgan fingerprint density at radius 3 is 2.51 bits per heavy atom. The van der Waals surface area contributed by atoms with E-state index in [4.69, 9.17) is 5.26 Å². The van der Waals surface area contributed by atoms with Gasteiger partial charge in [-0.1, -0.05) is 66.2 Å². The molecule has 1 N–H and O–H groups in total. The van der Waals surface area contributed by atoms with E-state index in [0.29, 0.717) is 5.56 Å². The second-order valence-corrected chi connectivity index (χ2v) is 9.42. The van der Waals surface area contributed by atoms with Crippen LogP contribution in [0.1, 0.15) is 45.1 Å². The number of benzene rings is 3. The first kappa shape index (κ1) is 23.0. The van der Waals surface area contributed by atoms with Crippen molar-refractivity contribution in [3.05, 3.63) is 124 Å². The molecule has 4 aromatic rings. The average Bonchev–Trinajstić information content (AvgIpc) is 3.25. The van der Waals surface area contributed by atoms with Crippen molar-refractivity contribution in [3.8, 4) is 6.07 Å². The third-order valence-electron chi connectivity index (χ3n) is 6.86. The number of nitriles is 1. The number of nitrogens with zero attached hydrogens (tertiary/aromatic N) is 4. The van der Waals surface area contributed by atoms with Crippen LogP contribution in [0.25, 0.3) is 0 Å². The highest BCUT2D eigenvalue weighted by Gasteiger charge is 2.23. The van der Waals surface area contributed by atoms with E-state index in [-0.39, 0.29) is 6.04 Å². The lowest BCUT2D eigenvalue weighted by atomic mass is 9.99. The van der Waals surface area contributed by atoms with Crippen LogP contribution in [0.3, 0.4) is 0 Å². The normalized spacial score (nSPS) is 15.8. The maximum Gasteiger partial charge on any atom is 0.0991 e. The van der Waals surface area contributed by atoms with Gasteiger partial charge in [0.15, 0.2) is 0 Å². The standard InChI is InChI=1S/C30H31N5/c1-23-6-8-25(9-7-23)19-34-15-14-27-4-2-3-5-29(27)30(21-34)33-18-28-17-32-22-35(28)20-26-12-10-24(16-31)11-13-26/h2-13,17,22,30,33H,14-15,18-21H2,1H3. The zero-order valence-electron chi connectivity index (χ0n) is 20.2. The minimum atomic E-state index is 0.248. The number of aromatic nitrogens is 2. The highest BCUT2D eigenvalue weighted by molar-refractivity contribution is 5.33. The quantitative estimate of drug-likeness (QED) is 0.421. The van der Waals surface area contributed by atoms with Crippen molar-refractivity contribution in [1.29, 1.82) is 5.26 Å². The van der Waals surface area contributed by atoms with Gasteiger partial charge in [0.05, 0.1) is 23.7 Å². The maximum atomic E-state index is 9.05. The summed E-state index contributed by atoms with van der Waals surface area (Å²) in [7, 11) is 0. The van der Waals surface area contributed by atoms with Gasteiger partial charge < -0.3 is 9.88 Å². The predicted octanol–water partition coefficient (Wildman–Crippen LogP) is 5.00. The molecule has 0 aliphatic carbocycles. The van der Waals surface area contributed by atoms with E-state index in [9.17, 15) is 0 Å². The van der Waals surface area contributed by atoms with Crippen molar-refractivity contribution in [2.45, 2.75) is 39.0 Å². The number of hydrogen-bond donors (Lipinski definition) is 1. The summed E-state index contributed by atoms with van der Waals surface area (Å²) in [4.78, 5) is 6.98. The number of hydrogen-bond acceptors (Lipinski definition) is 4. The molecule has 1 atom stereocenters. The Labute approximate surface area is 207 Å². The van der Waals surface area contributed by atoms with Gasteiger partial charge in [-0.3, -0.25) is 4.90 Å². The molecule has 1 aliphatic heterocycles. The van der Waals surface area contributed by atoms with E-state index in [1.54, 1.807) is 0 Å². The van der Waals surface area contributed by atoms with Gasteiger partial charge >= 0.3 is 0 Å². The molecule has 5 nitrogen and oxygen atoms in total. The van der Waals surface area contributed by atoms with E-state index in [1.807, 2.05) is 36.8 Å². The number of aryl methyl sites for hydroxylation is 1. The number of fused-ring (bicyclic) bond motifs is 1. The summed E-state index contributed by atoms with van der Waals surface area (Å²) in [5.74, 6) is 0. The predicted molar refractivity (Wildman–Crippen MR) is 139 cm³/mol. The molecule has 0 bridgehead atoms. The zero-order valence-corrected chi connectivity index (χ0v) is 20.2. The van der Waals surface area contributed by atoms with Crippen LogP contribution in [-0.2, 0) is 26.1 Å². The van der Waals surface area contributed by atoms with Crippen molar-refractivity contribution < 1.29 is 0 Å². The van der Waals surface area contributed by atoms with Gasteiger partial charge in [0.2, 0.25) is 0 Å². The molecule has 176 valence electrons. The average molecular weight is 462 g/mol. The molecule has 1 unspecified atom stereocenters. The first-order valence-electron chi connectivity index (χ1n) is 12.2. The van der Waals surface area contributed by atoms with Crippen molar-refractivity contribution in [3.63, 3.8) is 0 Å². The summed E-state index contributed by atoms with van der Waals surface area (Å²) in [6.45, 7) is 6.60. The molecule has 0 radical (unpaired) electrons. The van der Waals surface area contributed by atoms with Gasteiger partial charge in [0.25, 0.3) is 0 Å². The monoisotopic (exact) mass is 461 g/mol. The Morgan fingerprint density at radius 2 is 1.71 bits per heavy atom. The van der Waals surface area contributed by atoms with E-state index in [1.165, 1.54) is 22.3 Å². The minimum absolute atomic E-state index is 0.248. The molecule has 0 saturated carbocycles. The number of rotatable bonds is 7. The van der Waals surface area contributed by atoms with E-state index in [0.717, 1.165) is 50.4 Å². The van der Waals surface area contributed by atoms with Crippen LogP contribution in [0.15, 0.2) is 85.3 Å². The fourth-order valence-electron chi connectivity index (χ4n) is 4.84. The van der Waals surface area contributed by atoms with Gasteiger partial charge in [0.1, 0.15) is 0 Å². The molecule has 0 fully saturated rings. The summed E-state index contributed by atoms with van der Waals surface area (Å²) in [5.41, 5.74) is 8.49. The van der Waals surface area contributed by atoms with Crippen LogP contribution < -0.4 is 5.32 Å². The fraction of sp³-hybridized carbons (Fsp3) is 0.267. The third kappa shape index (κ3) is 5.68. The van der Waals surface area contributed by atoms with Gasteiger partial charge in [-0.15, -0.1) is 0 Å². The lowest BCUT2D eigenvalue weighted by molar-refractivity contribution is 0.245. The SMILES string of the molecule is Cc1ccc(CN2CCc3ccccc3C(NCc3cncn3Cc3ccc(C#N)cc3)C2)cc1. The van der Waals surface area contributed by atoms with Crippen LogP contribution >= 0.6 is 0 Å². The molecule has 1 aromatic heterocycles. The second kappa shape index (κ2) is 10.7. The van der Waals surface area contributed by atoms with Crippen LogP contribution in [0.2, 0.25) is 0 Å². The molecule has 0 amide bonds. The zero-order chi connectivity index (χ0) is 24.0. The molecule has 5 heteroatoms. The highest BCUT2D eigenvalue weighted by Crippen LogP contribution is 2.25. The molecule has 2 heterocycles. The van der Waals surface area contributed by atoms with Gasteiger partial charge in [0, 0.05) is 45.0 Å². The summed E-state index contributed by atoms with van der Waals surface area (Å²) in [5, 5.41) is 12.9. The Bertz CT molecular complexity index is 1300. The number of nitrogens with one attached hydrogen (secondary N) is 1. The molecule has 35 heavy (non-hydrogen) atoms. The summed E-state index contributed by atoms with van der Waals surface area (Å²) < 4.78 is 2.18. The topological polar surface area (TPSA) is 56.9 Å². The van der Waals surface area contributed by atoms with E-state index >= 15 is 0 Å². The first-order chi connectivity index (χ1) is 17.2. The molecule has 5 rings (SSSR count). The summed E-state index contributed by atoms with van der Waals surface area (Å²) in [6.07, 6.45) is 4.90. The first-order valence-corrected chi connectivity index (χ1v) is 12.2. The Balaban J connectivity index is 1.30. The van der Waals surface area contributed by atoms with Crippen molar-refractivity contribution in [2.75, 3.05) is 13.1 Å². The van der Waals surface area contributed by atoms with E-state index in [2.05, 4.69) is 81.3 Å². The molecule has 0 saturated heterocycles. The van der Waals surface area contributed by atoms with E-state index < -0.39 is 0 Å². The van der Waals surface area contributed by atoms with Crippen LogP contribution in [0, 0.1) is 18.3 Å². The molecule has 3 aromatic carbocycles. The Kier molecular flexibility index (Phi) is 7.04. The Morgan fingerprint density at radius 1 is 0.971 bits per heavy atom.